The molecular weight excluding hydrogens is 299 g/mol. The second-order valence-electron chi connectivity index (χ2n) is 4.00. The van der Waals surface area contributed by atoms with E-state index in [0.717, 1.165) is 6.07 Å². The first-order valence-electron chi connectivity index (χ1n) is 5.19. The lowest BCUT2D eigenvalue weighted by Crippen LogP contribution is -2.37. The molecule has 0 spiro atoms. The summed E-state index contributed by atoms with van der Waals surface area (Å²) in [6.07, 6.45) is -4.42. The van der Waals surface area contributed by atoms with Gasteiger partial charge in [0, 0.05) is 11.6 Å². The maximum Gasteiger partial charge on any atom is 0.435 e. The molecule has 0 saturated carbocycles. The minimum atomic E-state index is -4.42. The molecule has 0 aliphatic carbocycles. The molecule has 1 heterocycles. The van der Waals surface area contributed by atoms with E-state index in [1.807, 2.05) is 13.8 Å². The highest BCUT2D eigenvalue weighted by Gasteiger charge is 2.35. The summed E-state index contributed by atoms with van der Waals surface area (Å²) in [5.74, 6) is 0. The van der Waals surface area contributed by atoms with E-state index >= 15 is 0 Å². The van der Waals surface area contributed by atoms with Crippen molar-refractivity contribution in [2.75, 3.05) is 0 Å². The first-order valence-corrected chi connectivity index (χ1v) is 5.98. The summed E-state index contributed by atoms with van der Waals surface area (Å²) in [5, 5.41) is 3.43. The van der Waals surface area contributed by atoms with Crippen LogP contribution in [0.2, 0.25) is 0 Å². The van der Waals surface area contributed by atoms with Gasteiger partial charge in [0.2, 0.25) is 0 Å². The Labute approximate surface area is 107 Å². The van der Waals surface area contributed by atoms with Crippen LogP contribution in [0, 0.1) is 0 Å². The van der Waals surface area contributed by atoms with E-state index in [1.165, 1.54) is 4.68 Å². The Kier molecular flexibility index (Phi) is 5.67. The summed E-state index contributed by atoms with van der Waals surface area (Å²) in [6.45, 7) is 7.65. The van der Waals surface area contributed by atoms with Gasteiger partial charge in [0.25, 0.3) is 0 Å². The lowest BCUT2D eigenvalue weighted by Gasteiger charge is -2.18. The number of halogens is 4. The number of hydrogen-bond donors (Lipinski definition) is 1. The minimum Gasteiger partial charge on any atom is -0.324 e. The Hall–Kier alpha value is -0.560. The first-order chi connectivity index (χ1) is 7.59. The van der Waals surface area contributed by atoms with Crippen molar-refractivity contribution in [3.8, 4) is 0 Å². The first kappa shape index (κ1) is 16.4. The number of rotatable bonds is 2. The van der Waals surface area contributed by atoms with Crippen LogP contribution in [0.1, 0.15) is 33.4 Å². The molecule has 2 N–H and O–H groups in total. The van der Waals surface area contributed by atoms with Crippen LogP contribution in [0.25, 0.3) is 0 Å². The summed E-state index contributed by atoms with van der Waals surface area (Å²) in [6, 6.07) is 0.936. The van der Waals surface area contributed by atoms with Crippen molar-refractivity contribution in [3.63, 3.8) is 0 Å². The van der Waals surface area contributed by atoms with Crippen molar-refractivity contribution in [3.05, 3.63) is 16.4 Å². The summed E-state index contributed by atoms with van der Waals surface area (Å²) in [5.41, 5.74) is 4.16. The van der Waals surface area contributed by atoms with Crippen LogP contribution < -0.4 is 5.73 Å². The molecule has 1 aromatic rings. The van der Waals surface area contributed by atoms with Crippen LogP contribution in [0.5, 0.6) is 0 Å². The summed E-state index contributed by atoms with van der Waals surface area (Å²) in [7, 11) is 0. The van der Waals surface area contributed by atoms with Crippen molar-refractivity contribution in [1.82, 2.24) is 9.78 Å². The molecule has 0 unspecified atom stereocenters. The second kappa shape index (κ2) is 5.86. The van der Waals surface area contributed by atoms with Crippen molar-refractivity contribution in [2.45, 2.75) is 46.0 Å². The minimum absolute atomic E-state index is 0.212. The monoisotopic (exact) mass is 315 g/mol. The average Bonchev–Trinajstić information content (AvgIpc) is 2.48. The SMILES string of the molecule is CC.CC(C)(N)Cn1nc(C(F)(F)F)cc1Br. The second-order valence-corrected chi connectivity index (χ2v) is 4.81. The van der Waals surface area contributed by atoms with E-state index in [0.29, 0.717) is 0 Å². The van der Waals surface area contributed by atoms with Crippen LogP contribution in [-0.2, 0) is 12.7 Å². The van der Waals surface area contributed by atoms with Crippen molar-refractivity contribution in [2.24, 2.45) is 5.73 Å². The van der Waals surface area contributed by atoms with Gasteiger partial charge in [-0.15, -0.1) is 0 Å². The van der Waals surface area contributed by atoms with Gasteiger partial charge in [0.1, 0.15) is 4.60 Å². The van der Waals surface area contributed by atoms with Crippen LogP contribution in [-0.4, -0.2) is 15.3 Å². The van der Waals surface area contributed by atoms with Gasteiger partial charge >= 0.3 is 6.18 Å². The Morgan fingerprint density at radius 3 is 2.12 bits per heavy atom. The standard InChI is InChI=1S/C8H11BrF3N3.C2H6/c1-7(2,13)4-15-6(9)3-5(14-15)8(10,11)12;1-2/h3H,4,13H2,1-2H3;1-2H3. The van der Waals surface area contributed by atoms with Gasteiger partial charge in [0.05, 0.1) is 6.54 Å². The Morgan fingerprint density at radius 2 is 1.82 bits per heavy atom. The molecule has 3 nitrogen and oxygen atoms in total. The third kappa shape index (κ3) is 5.54. The fourth-order valence-corrected chi connectivity index (χ4v) is 1.45. The van der Waals surface area contributed by atoms with Crippen molar-refractivity contribution >= 4 is 15.9 Å². The van der Waals surface area contributed by atoms with E-state index in [-0.39, 0.29) is 11.1 Å². The van der Waals surface area contributed by atoms with Gasteiger partial charge in [-0.1, -0.05) is 13.8 Å². The topological polar surface area (TPSA) is 43.8 Å². The molecular formula is C10H17BrF3N3. The van der Waals surface area contributed by atoms with Crippen LogP contribution in [0.4, 0.5) is 13.2 Å². The molecule has 17 heavy (non-hydrogen) atoms. The zero-order valence-corrected chi connectivity index (χ0v) is 11.9. The molecule has 0 amide bonds. The Bertz CT molecular complexity index is 353. The van der Waals surface area contributed by atoms with Gasteiger partial charge in [-0.2, -0.15) is 18.3 Å². The lowest BCUT2D eigenvalue weighted by atomic mass is 10.1. The normalized spacial score (nSPS) is 12.1. The zero-order valence-electron chi connectivity index (χ0n) is 10.3. The highest BCUT2D eigenvalue weighted by atomic mass is 79.9. The fraction of sp³-hybridized carbons (Fsp3) is 0.700. The number of hydrogen-bond acceptors (Lipinski definition) is 2. The van der Waals surface area contributed by atoms with E-state index < -0.39 is 17.4 Å². The van der Waals surface area contributed by atoms with E-state index in [2.05, 4.69) is 21.0 Å². The molecule has 0 atom stereocenters. The van der Waals surface area contributed by atoms with Crippen LogP contribution in [0.15, 0.2) is 10.7 Å². The Balaban J connectivity index is 0.00000121. The molecule has 0 fully saturated rings. The molecule has 0 radical (unpaired) electrons. The molecule has 0 bridgehead atoms. The van der Waals surface area contributed by atoms with E-state index in [1.54, 1.807) is 13.8 Å². The van der Waals surface area contributed by atoms with Gasteiger partial charge in [-0.05, 0) is 29.8 Å². The predicted octanol–water partition coefficient (Wildman–Crippen LogP) is 3.43. The summed E-state index contributed by atoms with van der Waals surface area (Å²) >= 11 is 3.01. The smallest absolute Gasteiger partial charge is 0.324 e. The fourth-order valence-electron chi connectivity index (χ4n) is 1.03. The van der Waals surface area contributed by atoms with Gasteiger partial charge in [0.15, 0.2) is 5.69 Å². The van der Waals surface area contributed by atoms with Gasteiger partial charge in [-0.3, -0.25) is 4.68 Å². The zero-order chi connectivity index (χ0) is 13.9. The molecule has 100 valence electrons. The average molecular weight is 316 g/mol. The molecule has 0 aliphatic rings. The van der Waals surface area contributed by atoms with E-state index in [4.69, 9.17) is 5.73 Å². The lowest BCUT2D eigenvalue weighted by molar-refractivity contribution is -0.141. The quantitative estimate of drug-likeness (QED) is 0.908. The number of aromatic nitrogens is 2. The Morgan fingerprint density at radius 1 is 1.35 bits per heavy atom. The van der Waals surface area contributed by atoms with Gasteiger partial charge in [-0.25, -0.2) is 0 Å². The summed E-state index contributed by atoms with van der Waals surface area (Å²) in [4.78, 5) is 0. The maximum atomic E-state index is 12.3. The number of nitrogens with zero attached hydrogens (tertiary/aromatic N) is 2. The molecule has 1 aromatic heterocycles. The van der Waals surface area contributed by atoms with E-state index in [9.17, 15) is 13.2 Å². The molecule has 0 saturated heterocycles. The highest BCUT2D eigenvalue weighted by molar-refractivity contribution is 9.10. The third-order valence-electron chi connectivity index (χ3n) is 1.58. The predicted molar refractivity (Wildman–Crippen MR) is 64.5 cm³/mol. The molecule has 0 aliphatic heterocycles. The summed E-state index contributed by atoms with van der Waals surface area (Å²) < 4.78 is 38.3. The molecule has 7 heteroatoms. The van der Waals surface area contributed by atoms with Crippen LogP contribution >= 0.6 is 15.9 Å². The molecule has 1 rings (SSSR count). The highest BCUT2D eigenvalue weighted by Crippen LogP contribution is 2.30. The number of nitrogens with two attached hydrogens (primary N) is 1. The molecule has 0 aromatic carbocycles. The van der Waals surface area contributed by atoms with Crippen molar-refractivity contribution < 1.29 is 13.2 Å². The van der Waals surface area contributed by atoms with Gasteiger partial charge < -0.3 is 5.73 Å². The third-order valence-corrected chi connectivity index (χ3v) is 2.22. The maximum absolute atomic E-state index is 12.3. The van der Waals surface area contributed by atoms with Crippen molar-refractivity contribution in [1.29, 1.82) is 0 Å². The largest absolute Gasteiger partial charge is 0.435 e. The number of alkyl halides is 3. The van der Waals surface area contributed by atoms with Crippen LogP contribution in [0.3, 0.4) is 0 Å².